The fourth-order valence-electron chi connectivity index (χ4n) is 7.82. The lowest BCUT2D eigenvalue weighted by Crippen LogP contribution is -2.75. The minimum atomic E-state index is -1.02. The van der Waals surface area contributed by atoms with Crippen LogP contribution in [0.1, 0.15) is 79.7 Å². The molecular weight excluding hydrogens is 652 g/mol. The molecular formula is C35H39ClN6O7. The molecule has 49 heavy (non-hydrogen) atoms. The molecule has 5 amide bonds. The molecule has 3 heterocycles. The summed E-state index contributed by atoms with van der Waals surface area (Å²) in [7, 11) is 0. The summed E-state index contributed by atoms with van der Waals surface area (Å²) in [6.45, 7) is 9.91. The van der Waals surface area contributed by atoms with Crippen molar-refractivity contribution in [2.75, 3.05) is 19.7 Å². The average Bonchev–Trinajstić information content (AvgIpc) is 3.63. The van der Waals surface area contributed by atoms with Gasteiger partial charge >= 0.3 is 0 Å². The van der Waals surface area contributed by atoms with E-state index in [0.29, 0.717) is 54.6 Å². The van der Waals surface area contributed by atoms with Gasteiger partial charge in [0.1, 0.15) is 35.8 Å². The first-order valence-electron chi connectivity index (χ1n) is 16.4. The van der Waals surface area contributed by atoms with Gasteiger partial charge in [-0.1, -0.05) is 39.3 Å². The Morgan fingerprint density at radius 1 is 1.02 bits per heavy atom. The summed E-state index contributed by atoms with van der Waals surface area (Å²) in [6.07, 6.45) is 1.23. The summed E-state index contributed by atoms with van der Waals surface area (Å²) in [6, 6.07) is 10.2. The highest BCUT2D eigenvalue weighted by molar-refractivity contribution is 6.31. The van der Waals surface area contributed by atoms with E-state index < -0.39 is 29.7 Å². The first-order valence-corrected chi connectivity index (χ1v) is 16.8. The standard InChI is InChI=1S/C35H39ClN6O7/c1-34(2)32(35(3,4)33(34)49-21-7-6-19(18-37)24(36)17-21)39-28(44)25-12-14-41(40-25)13-5-15-48-20-8-9-22-23(16-20)31(47)42(30(22)46)26-10-11-27(43)38-29(26)45/h6-9,16-17,25-26,32-33,40H,5,10-15H2,1-4H3,(H,39,44)(H,38,43,45). The molecule has 2 atom stereocenters. The summed E-state index contributed by atoms with van der Waals surface area (Å²) in [5, 5.41) is 16.9. The summed E-state index contributed by atoms with van der Waals surface area (Å²) in [5.41, 5.74) is 3.31. The molecule has 14 heteroatoms. The third kappa shape index (κ3) is 6.36. The lowest BCUT2D eigenvalue weighted by atomic mass is 9.49. The highest BCUT2D eigenvalue weighted by atomic mass is 35.5. The Morgan fingerprint density at radius 3 is 2.43 bits per heavy atom. The molecule has 4 aliphatic rings. The number of piperidine rings is 1. The largest absolute Gasteiger partial charge is 0.494 e. The molecule has 1 saturated carbocycles. The Kier molecular flexibility index (Phi) is 9.17. The van der Waals surface area contributed by atoms with Gasteiger partial charge in [-0.05, 0) is 49.6 Å². The molecule has 0 bridgehead atoms. The van der Waals surface area contributed by atoms with Crippen LogP contribution in [-0.2, 0) is 14.4 Å². The number of rotatable bonds is 10. The number of ether oxygens (including phenoxy) is 2. The maximum atomic E-state index is 13.4. The van der Waals surface area contributed by atoms with E-state index in [1.807, 2.05) is 11.1 Å². The van der Waals surface area contributed by atoms with Crippen LogP contribution in [0.15, 0.2) is 36.4 Å². The number of hydrogen-bond donors (Lipinski definition) is 3. The fourth-order valence-corrected chi connectivity index (χ4v) is 8.04. The first-order chi connectivity index (χ1) is 23.2. The summed E-state index contributed by atoms with van der Waals surface area (Å²) < 4.78 is 12.2. The Morgan fingerprint density at radius 2 is 1.73 bits per heavy atom. The van der Waals surface area contributed by atoms with Gasteiger partial charge in [-0.2, -0.15) is 5.26 Å². The number of nitriles is 1. The number of nitrogens with zero attached hydrogens (tertiary/aromatic N) is 3. The van der Waals surface area contributed by atoms with Crippen LogP contribution < -0.4 is 25.5 Å². The highest BCUT2D eigenvalue weighted by Gasteiger charge is 2.64. The number of halogens is 1. The van der Waals surface area contributed by atoms with Crippen molar-refractivity contribution < 1.29 is 33.4 Å². The van der Waals surface area contributed by atoms with Gasteiger partial charge in [-0.15, -0.1) is 0 Å². The molecule has 6 rings (SSSR count). The Hall–Kier alpha value is -4.51. The second-order valence-electron chi connectivity index (χ2n) is 14.1. The summed E-state index contributed by atoms with van der Waals surface area (Å²) in [5.74, 6) is -1.30. The topological polar surface area (TPSA) is 170 Å². The number of fused-ring (bicyclic) bond motifs is 1. The van der Waals surface area contributed by atoms with E-state index in [-0.39, 0.29) is 58.9 Å². The van der Waals surface area contributed by atoms with Crippen molar-refractivity contribution in [1.82, 2.24) is 26.0 Å². The van der Waals surface area contributed by atoms with Crippen LogP contribution >= 0.6 is 11.6 Å². The van der Waals surface area contributed by atoms with Crippen LogP contribution in [0.2, 0.25) is 5.02 Å². The molecule has 3 aliphatic heterocycles. The number of carbonyl (C=O) groups excluding carboxylic acids is 5. The number of hydrazine groups is 1. The Balaban J connectivity index is 0.959. The van der Waals surface area contributed by atoms with Gasteiger partial charge in [0.15, 0.2) is 0 Å². The Labute approximate surface area is 289 Å². The van der Waals surface area contributed by atoms with Crippen molar-refractivity contribution >= 4 is 41.1 Å². The summed E-state index contributed by atoms with van der Waals surface area (Å²) >= 11 is 6.21. The van der Waals surface area contributed by atoms with Gasteiger partial charge in [-0.3, -0.25) is 34.2 Å². The third-order valence-corrected chi connectivity index (χ3v) is 10.3. The van der Waals surface area contributed by atoms with Crippen LogP contribution in [0, 0.1) is 22.2 Å². The van der Waals surface area contributed by atoms with E-state index >= 15 is 0 Å². The highest BCUT2D eigenvalue weighted by Crippen LogP contribution is 2.55. The normalized spacial score (nSPS) is 25.7. The Bertz CT molecular complexity index is 1750. The monoisotopic (exact) mass is 690 g/mol. The zero-order chi connectivity index (χ0) is 35.2. The van der Waals surface area contributed by atoms with Gasteiger partial charge in [0, 0.05) is 42.4 Å². The molecule has 2 unspecified atom stereocenters. The predicted octanol–water partition coefficient (Wildman–Crippen LogP) is 2.96. The second-order valence-corrected chi connectivity index (χ2v) is 14.6. The van der Waals surface area contributed by atoms with Gasteiger partial charge in [-0.25, -0.2) is 10.4 Å². The van der Waals surface area contributed by atoms with Gasteiger partial charge in [0.2, 0.25) is 17.7 Å². The maximum absolute atomic E-state index is 13.4. The van der Waals surface area contributed by atoms with E-state index in [0.717, 1.165) is 4.90 Å². The van der Waals surface area contributed by atoms with E-state index in [4.69, 9.17) is 26.3 Å². The number of amides is 5. The van der Waals surface area contributed by atoms with Crippen molar-refractivity contribution in [2.24, 2.45) is 10.8 Å². The number of nitrogens with one attached hydrogen (secondary N) is 3. The number of hydrogen-bond acceptors (Lipinski definition) is 10. The SMILES string of the molecule is CC1(C)C(NC(=O)C2CCN(CCCOc3ccc4c(c3)C(=O)N(C3CCC(=O)NC3=O)C4=O)N2)C(C)(C)C1Oc1ccc(C#N)c(Cl)c1. The van der Waals surface area contributed by atoms with Crippen LogP contribution in [0.4, 0.5) is 0 Å². The minimum Gasteiger partial charge on any atom is -0.494 e. The molecule has 13 nitrogen and oxygen atoms in total. The smallest absolute Gasteiger partial charge is 0.262 e. The molecule has 258 valence electrons. The van der Waals surface area contributed by atoms with E-state index in [1.54, 1.807) is 24.3 Å². The van der Waals surface area contributed by atoms with Crippen molar-refractivity contribution in [3.8, 4) is 17.6 Å². The second kappa shape index (κ2) is 13.1. The quantitative estimate of drug-likeness (QED) is 0.249. The summed E-state index contributed by atoms with van der Waals surface area (Å²) in [4.78, 5) is 64.1. The molecule has 3 fully saturated rings. The number of benzene rings is 2. The van der Waals surface area contributed by atoms with Crippen LogP contribution in [0.5, 0.6) is 11.5 Å². The van der Waals surface area contributed by atoms with Gasteiger partial charge in [0.05, 0.1) is 28.3 Å². The minimum absolute atomic E-state index is 0.0561. The van der Waals surface area contributed by atoms with Gasteiger partial charge in [0.25, 0.3) is 11.8 Å². The first kappa shape index (κ1) is 34.4. The van der Waals surface area contributed by atoms with E-state index in [9.17, 15) is 24.0 Å². The molecule has 0 aromatic heterocycles. The predicted molar refractivity (Wildman–Crippen MR) is 176 cm³/mol. The third-order valence-electron chi connectivity index (χ3n) is 10.0. The number of carbonyl (C=O) groups is 5. The van der Waals surface area contributed by atoms with Crippen LogP contribution in [-0.4, -0.2) is 83.4 Å². The average molecular weight is 691 g/mol. The lowest BCUT2D eigenvalue weighted by molar-refractivity contribution is -0.174. The molecule has 0 spiro atoms. The zero-order valence-electron chi connectivity index (χ0n) is 27.8. The van der Waals surface area contributed by atoms with Crippen molar-refractivity contribution in [1.29, 1.82) is 5.26 Å². The van der Waals surface area contributed by atoms with Crippen LogP contribution in [0.25, 0.3) is 0 Å². The lowest BCUT2D eigenvalue weighted by Gasteiger charge is -2.63. The maximum Gasteiger partial charge on any atom is 0.262 e. The zero-order valence-corrected chi connectivity index (χ0v) is 28.6. The van der Waals surface area contributed by atoms with E-state index in [1.165, 1.54) is 12.1 Å². The molecule has 2 saturated heterocycles. The molecule has 1 aliphatic carbocycles. The van der Waals surface area contributed by atoms with Crippen molar-refractivity contribution in [3.05, 3.63) is 58.1 Å². The van der Waals surface area contributed by atoms with Crippen molar-refractivity contribution in [2.45, 2.75) is 77.6 Å². The molecule has 3 N–H and O–H groups in total. The molecule has 2 aromatic rings. The molecule has 0 radical (unpaired) electrons. The number of imide groups is 2. The molecule has 2 aromatic carbocycles. The van der Waals surface area contributed by atoms with Crippen molar-refractivity contribution in [3.63, 3.8) is 0 Å². The van der Waals surface area contributed by atoms with Crippen LogP contribution in [0.3, 0.4) is 0 Å². The fraction of sp³-hybridized carbons (Fsp3) is 0.486. The van der Waals surface area contributed by atoms with E-state index in [2.05, 4.69) is 43.8 Å². The van der Waals surface area contributed by atoms with Gasteiger partial charge < -0.3 is 14.8 Å².